The first-order chi connectivity index (χ1) is 11.0. The van der Waals surface area contributed by atoms with Gasteiger partial charge in [-0.3, -0.25) is 9.59 Å². The topological polar surface area (TPSA) is 61.2 Å². The molecule has 1 aliphatic rings. The van der Waals surface area contributed by atoms with E-state index in [1.807, 2.05) is 6.07 Å². The first-order valence-corrected chi connectivity index (χ1v) is 7.69. The van der Waals surface area contributed by atoms with Crippen LogP contribution in [0.4, 0.5) is 4.39 Å². The van der Waals surface area contributed by atoms with Gasteiger partial charge in [-0.1, -0.05) is 12.1 Å². The maximum absolute atomic E-state index is 12.9. The summed E-state index contributed by atoms with van der Waals surface area (Å²) in [6.45, 7) is 2.90. The second-order valence-corrected chi connectivity index (χ2v) is 5.68. The Morgan fingerprint density at radius 1 is 1.22 bits per heavy atom. The van der Waals surface area contributed by atoms with Crippen molar-refractivity contribution >= 4 is 17.3 Å². The zero-order valence-corrected chi connectivity index (χ0v) is 13.1. The number of ketones is 1. The molecular formula is C18H19FN2O2. The van der Waals surface area contributed by atoms with Crippen molar-refractivity contribution in [1.82, 2.24) is 4.90 Å². The van der Waals surface area contributed by atoms with E-state index in [9.17, 15) is 19.2 Å². The molecule has 1 aromatic carbocycles. The fourth-order valence-corrected chi connectivity index (χ4v) is 2.63. The first-order valence-electron chi connectivity index (χ1n) is 7.69. The number of carbonyl (C=O) groups is 2. The molecule has 2 rings (SSSR count). The molecule has 23 heavy (non-hydrogen) atoms. The standard InChI is InChI=1S/C18H19FN2O2/c1-13(14-5-7-15(19)8-6-14)11-17(22)16(12-20)18(23)21-9-3-2-4-10-21/h5-8,11,16H,2-4,9-10H2,1H3/b13-11+. The lowest BCUT2D eigenvalue weighted by Gasteiger charge is -2.27. The number of allylic oxidation sites excluding steroid dienone is 2. The number of nitriles is 1. The number of rotatable bonds is 4. The summed E-state index contributed by atoms with van der Waals surface area (Å²) in [4.78, 5) is 26.2. The third kappa shape index (κ3) is 4.26. The predicted molar refractivity (Wildman–Crippen MR) is 84.6 cm³/mol. The molecule has 0 aliphatic carbocycles. The number of piperidine rings is 1. The predicted octanol–water partition coefficient (Wildman–Crippen LogP) is 2.95. The van der Waals surface area contributed by atoms with E-state index in [1.165, 1.54) is 18.2 Å². The number of nitrogens with zero attached hydrogens (tertiary/aromatic N) is 2. The molecule has 0 spiro atoms. The lowest BCUT2D eigenvalue weighted by atomic mass is 9.98. The highest BCUT2D eigenvalue weighted by Gasteiger charge is 2.30. The largest absolute Gasteiger partial charge is 0.341 e. The highest BCUT2D eigenvalue weighted by molar-refractivity contribution is 6.11. The number of likely N-dealkylation sites (tertiary alicyclic amines) is 1. The van der Waals surface area contributed by atoms with Gasteiger partial charge in [0.1, 0.15) is 5.82 Å². The van der Waals surface area contributed by atoms with Gasteiger partial charge in [0.05, 0.1) is 6.07 Å². The highest BCUT2D eigenvalue weighted by Crippen LogP contribution is 2.17. The summed E-state index contributed by atoms with van der Waals surface area (Å²) in [5, 5.41) is 9.22. The number of benzene rings is 1. The molecule has 1 unspecified atom stereocenters. The summed E-state index contributed by atoms with van der Waals surface area (Å²) < 4.78 is 12.9. The first kappa shape index (κ1) is 16.9. The van der Waals surface area contributed by atoms with Crippen LogP contribution in [-0.4, -0.2) is 29.7 Å². The second kappa shape index (κ2) is 7.68. The Hall–Kier alpha value is -2.48. The number of hydrogen-bond acceptors (Lipinski definition) is 3. The summed E-state index contributed by atoms with van der Waals surface area (Å²) >= 11 is 0. The minimum atomic E-state index is -1.30. The number of hydrogen-bond donors (Lipinski definition) is 0. The van der Waals surface area contributed by atoms with E-state index in [-0.39, 0.29) is 5.82 Å². The summed E-state index contributed by atoms with van der Waals surface area (Å²) in [5.41, 5.74) is 1.28. The van der Waals surface area contributed by atoms with Crippen LogP contribution in [0, 0.1) is 23.1 Å². The molecule has 1 saturated heterocycles. The Morgan fingerprint density at radius 3 is 2.39 bits per heavy atom. The lowest BCUT2D eigenvalue weighted by molar-refractivity contribution is -0.138. The summed E-state index contributed by atoms with van der Waals surface area (Å²) in [5.74, 6) is -2.60. The van der Waals surface area contributed by atoms with Gasteiger partial charge in [0.2, 0.25) is 5.91 Å². The second-order valence-electron chi connectivity index (χ2n) is 5.68. The van der Waals surface area contributed by atoms with Crippen LogP contribution in [0.1, 0.15) is 31.7 Å². The van der Waals surface area contributed by atoms with Crippen molar-refractivity contribution in [3.8, 4) is 6.07 Å². The quantitative estimate of drug-likeness (QED) is 0.634. The average Bonchev–Trinajstić information content (AvgIpc) is 2.56. The van der Waals surface area contributed by atoms with Gasteiger partial charge >= 0.3 is 0 Å². The third-order valence-electron chi connectivity index (χ3n) is 3.99. The fraction of sp³-hybridized carbons (Fsp3) is 0.389. The minimum Gasteiger partial charge on any atom is -0.341 e. The molecule has 1 atom stereocenters. The van der Waals surface area contributed by atoms with Crippen LogP contribution in [0.3, 0.4) is 0 Å². The molecule has 1 amide bonds. The zero-order valence-electron chi connectivity index (χ0n) is 13.1. The van der Waals surface area contributed by atoms with Crippen LogP contribution < -0.4 is 0 Å². The summed E-state index contributed by atoms with van der Waals surface area (Å²) in [7, 11) is 0. The van der Waals surface area contributed by atoms with Gasteiger partial charge < -0.3 is 4.90 Å². The number of amides is 1. The average molecular weight is 314 g/mol. The lowest BCUT2D eigenvalue weighted by Crippen LogP contribution is -2.41. The van der Waals surface area contributed by atoms with Crippen molar-refractivity contribution in [1.29, 1.82) is 5.26 Å². The Morgan fingerprint density at radius 2 is 1.83 bits per heavy atom. The van der Waals surface area contributed by atoms with Crippen LogP contribution in [-0.2, 0) is 9.59 Å². The summed E-state index contributed by atoms with van der Waals surface area (Å²) in [6.07, 6.45) is 4.17. The number of carbonyl (C=O) groups excluding carboxylic acids is 2. The van der Waals surface area contributed by atoms with E-state index >= 15 is 0 Å². The molecule has 0 N–H and O–H groups in total. The maximum atomic E-state index is 12.9. The summed E-state index contributed by atoms with van der Waals surface area (Å²) in [6, 6.07) is 7.54. The van der Waals surface area contributed by atoms with Gasteiger partial charge in [0.15, 0.2) is 11.7 Å². The molecular weight excluding hydrogens is 295 g/mol. The van der Waals surface area contributed by atoms with Gasteiger partial charge in [-0.25, -0.2) is 4.39 Å². The molecule has 5 heteroatoms. The van der Waals surface area contributed by atoms with Crippen LogP contribution in [0.5, 0.6) is 0 Å². The Bertz CT molecular complexity index is 653. The normalized spacial score (nSPS) is 16.6. The van der Waals surface area contributed by atoms with E-state index in [0.717, 1.165) is 19.3 Å². The van der Waals surface area contributed by atoms with Crippen molar-refractivity contribution in [2.45, 2.75) is 26.2 Å². The van der Waals surface area contributed by atoms with E-state index < -0.39 is 17.6 Å². The Balaban J connectivity index is 2.12. The SMILES string of the molecule is C/C(=C\C(=O)C(C#N)C(=O)N1CCCCC1)c1ccc(F)cc1. The van der Waals surface area contributed by atoms with Crippen molar-refractivity contribution in [3.05, 3.63) is 41.7 Å². The van der Waals surface area contributed by atoms with E-state index in [1.54, 1.807) is 24.0 Å². The van der Waals surface area contributed by atoms with E-state index in [2.05, 4.69) is 0 Å². The molecule has 0 radical (unpaired) electrons. The van der Waals surface area contributed by atoms with Crippen molar-refractivity contribution < 1.29 is 14.0 Å². The molecule has 1 fully saturated rings. The van der Waals surface area contributed by atoms with Crippen LogP contribution in [0.25, 0.3) is 5.57 Å². The van der Waals surface area contributed by atoms with Gasteiger partial charge in [0.25, 0.3) is 0 Å². The smallest absolute Gasteiger partial charge is 0.247 e. The molecule has 4 nitrogen and oxygen atoms in total. The van der Waals surface area contributed by atoms with Gasteiger partial charge in [0, 0.05) is 13.1 Å². The van der Waals surface area contributed by atoms with Crippen molar-refractivity contribution in [2.24, 2.45) is 5.92 Å². The van der Waals surface area contributed by atoms with E-state index in [4.69, 9.17) is 0 Å². The van der Waals surface area contributed by atoms with Gasteiger partial charge in [-0.05, 0) is 55.5 Å². The monoisotopic (exact) mass is 314 g/mol. The molecule has 0 saturated carbocycles. The molecule has 120 valence electrons. The molecule has 0 bridgehead atoms. The van der Waals surface area contributed by atoms with E-state index in [0.29, 0.717) is 24.2 Å². The van der Waals surface area contributed by atoms with Crippen molar-refractivity contribution in [2.75, 3.05) is 13.1 Å². The highest BCUT2D eigenvalue weighted by atomic mass is 19.1. The molecule has 1 aromatic rings. The molecule has 0 aromatic heterocycles. The minimum absolute atomic E-state index is 0.358. The van der Waals surface area contributed by atoms with Gasteiger partial charge in [-0.2, -0.15) is 5.26 Å². The maximum Gasteiger partial charge on any atom is 0.247 e. The van der Waals surface area contributed by atoms with Crippen LogP contribution >= 0.6 is 0 Å². The van der Waals surface area contributed by atoms with Crippen LogP contribution in [0.2, 0.25) is 0 Å². The van der Waals surface area contributed by atoms with Crippen LogP contribution in [0.15, 0.2) is 30.3 Å². The number of halogens is 1. The molecule has 1 aliphatic heterocycles. The van der Waals surface area contributed by atoms with Gasteiger partial charge in [-0.15, -0.1) is 0 Å². The fourth-order valence-electron chi connectivity index (χ4n) is 2.63. The Labute approximate surface area is 135 Å². The van der Waals surface area contributed by atoms with Crippen molar-refractivity contribution in [3.63, 3.8) is 0 Å². The Kier molecular flexibility index (Phi) is 5.64. The third-order valence-corrected chi connectivity index (χ3v) is 3.99. The zero-order chi connectivity index (χ0) is 16.8. The molecule has 1 heterocycles.